The van der Waals surface area contributed by atoms with Gasteiger partial charge in [0, 0.05) is 0 Å². The highest BCUT2D eigenvalue weighted by Crippen LogP contribution is 2.29. The van der Waals surface area contributed by atoms with Crippen LogP contribution in [0.5, 0.6) is 5.88 Å². The van der Waals surface area contributed by atoms with Crippen LogP contribution in [0.25, 0.3) is 0 Å². The van der Waals surface area contributed by atoms with Crippen molar-refractivity contribution in [2.24, 2.45) is 0 Å². The van der Waals surface area contributed by atoms with E-state index in [-0.39, 0.29) is 28.1 Å². The fourth-order valence-corrected chi connectivity index (χ4v) is 4.93. The van der Waals surface area contributed by atoms with Gasteiger partial charge >= 0.3 is 0 Å². The van der Waals surface area contributed by atoms with Crippen molar-refractivity contribution in [3.63, 3.8) is 0 Å². The van der Waals surface area contributed by atoms with Crippen LogP contribution in [0.15, 0.2) is 35.4 Å². The zero-order valence-electron chi connectivity index (χ0n) is 17.8. The van der Waals surface area contributed by atoms with Gasteiger partial charge in [-0.25, -0.2) is 13.4 Å². The Hall–Kier alpha value is -3.05. The fraction of sp³-hybridized carbons (Fsp3) is 0.300. The second kappa shape index (κ2) is 8.98. The maximum Gasteiger partial charge on any atom is 0.277 e. The molecule has 1 amide bonds. The molecule has 0 radical (unpaired) electrons. The molecule has 2 N–H and O–H groups in total. The van der Waals surface area contributed by atoms with Gasteiger partial charge < -0.3 is 10.1 Å². The van der Waals surface area contributed by atoms with Crippen molar-refractivity contribution < 1.29 is 17.9 Å². The Bertz CT molecular complexity index is 1200. The minimum absolute atomic E-state index is 0.0761. The molecule has 0 atom stereocenters. The summed E-state index contributed by atoms with van der Waals surface area (Å²) in [7, 11) is -2.72. The maximum atomic E-state index is 13.1. The number of rotatable bonds is 7. The first-order chi connectivity index (χ1) is 14.6. The smallest absolute Gasteiger partial charge is 0.277 e. The zero-order valence-corrected chi connectivity index (χ0v) is 19.4. The zero-order chi connectivity index (χ0) is 22.8. The number of pyridine rings is 1. The standard InChI is InChI=1S/C20H23N5O4S2/c1-11(2)18-17(23-25-30-18)19(26)22-14-9-15(20(29-5)21-10-14)31(27,28)24-16-12(3)7-6-8-13(16)4/h6-11,24H,1-5H3,(H,22,26). The lowest BCUT2D eigenvalue weighted by molar-refractivity contribution is 0.102. The van der Waals surface area contributed by atoms with Crippen LogP contribution in [-0.2, 0) is 10.0 Å². The minimum Gasteiger partial charge on any atom is -0.480 e. The average Bonchev–Trinajstić information content (AvgIpc) is 3.21. The molecule has 31 heavy (non-hydrogen) atoms. The minimum atomic E-state index is -4.05. The fourth-order valence-electron chi connectivity index (χ4n) is 2.94. The number of carbonyl (C=O) groups is 1. The van der Waals surface area contributed by atoms with Crippen LogP contribution in [0.3, 0.4) is 0 Å². The van der Waals surface area contributed by atoms with Crippen molar-refractivity contribution >= 4 is 38.8 Å². The summed E-state index contributed by atoms with van der Waals surface area (Å²) in [5.41, 5.74) is 2.42. The van der Waals surface area contributed by atoms with Gasteiger partial charge in [0.15, 0.2) is 10.6 Å². The molecule has 0 fully saturated rings. The van der Waals surface area contributed by atoms with Crippen molar-refractivity contribution in [2.75, 3.05) is 17.1 Å². The average molecular weight is 462 g/mol. The van der Waals surface area contributed by atoms with Crippen LogP contribution >= 0.6 is 11.5 Å². The summed E-state index contributed by atoms with van der Waals surface area (Å²) in [5, 5.41) is 6.54. The van der Waals surface area contributed by atoms with Gasteiger partial charge in [0.2, 0.25) is 5.88 Å². The lowest BCUT2D eigenvalue weighted by Gasteiger charge is -2.15. The number of amides is 1. The third kappa shape index (κ3) is 4.83. The van der Waals surface area contributed by atoms with Gasteiger partial charge in [-0.3, -0.25) is 9.52 Å². The van der Waals surface area contributed by atoms with E-state index in [1.54, 1.807) is 0 Å². The summed E-state index contributed by atoms with van der Waals surface area (Å²) < 4.78 is 37.9. The van der Waals surface area contributed by atoms with Crippen molar-refractivity contribution in [1.29, 1.82) is 0 Å². The summed E-state index contributed by atoms with van der Waals surface area (Å²) in [6.07, 6.45) is 1.32. The third-order valence-corrected chi connectivity index (χ3v) is 6.90. The van der Waals surface area contributed by atoms with Crippen molar-refractivity contribution in [3.8, 4) is 5.88 Å². The number of anilines is 2. The van der Waals surface area contributed by atoms with Crippen LogP contribution in [-0.4, -0.2) is 36.0 Å². The first-order valence-electron chi connectivity index (χ1n) is 9.40. The van der Waals surface area contributed by atoms with E-state index < -0.39 is 15.9 Å². The van der Waals surface area contributed by atoms with Crippen LogP contribution in [0, 0.1) is 13.8 Å². The van der Waals surface area contributed by atoms with Gasteiger partial charge in [0.05, 0.1) is 29.6 Å². The molecule has 0 aliphatic rings. The number of sulfonamides is 1. The van der Waals surface area contributed by atoms with Crippen LogP contribution in [0.1, 0.15) is 46.3 Å². The number of benzene rings is 1. The highest BCUT2D eigenvalue weighted by Gasteiger charge is 2.25. The number of nitrogens with one attached hydrogen (secondary N) is 2. The summed E-state index contributed by atoms with van der Waals surface area (Å²) in [5.74, 6) is -0.502. The van der Waals surface area contributed by atoms with E-state index in [4.69, 9.17) is 4.74 Å². The number of para-hydroxylation sites is 1. The van der Waals surface area contributed by atoms with Gasteiger partial charge in [-0.15, -0.1) is 5.10 Å². The highest BCUT2D eigenvalue weighted by atomic mass is 32.2. The molecule has 0 unspecified atom stereocenters. The number of carbonyl (C=O) groups excluding carboxylic acids is 1. The lowest BCUT2D eigenvalue weighted by atomic mass is 10.1. The SMILES string of the molecule is COc1ncc(NC(=O)c2nnsc2C(C)C)cc1S(=O)(=O)Nc1c(C)cccc1C. The van der Waals surface area contributed by atoms with E-state index in [1.807, 2.05) is 45.9 Å². The molecule has 0 aliphatic carbocycles. The summed E-state index contributed by atoms with van der Waals surface area (Å²) >= 11 is 1.15. The maximum absolute atomic E-state index is 13.1. The second-order valence-corrected chi connectivity index (χ2v) is 9.63. The number of methoxy groups -OCH3 is 1. The molecule has 0 spiro atoms. The first-order valence-corrected chi connectivity index (χ1v) is 11.7. The summed E-state index contributed by atoms with van der Waals surface area (Å²) in [4.78, 5) is 17.3. The molecule has 0 saturated heterocycles. The van der Waals surface area contributed by atoms with Gasteiger partial charge in [0.25, 0.3) is 15.9 Å². The first kappa shape index (κ1) is 22.6. The van der Waals surface area contributed by atoms with Crippen LogP contribution < -0.4 is 14.8 Å². The van der Waals surface area contributed by atoms with Crippen LogP contribution in [0.2, 0.25) is 0 Å². The number of ether oxygens (including phenoxy) is 1. The molecule has 0 bridgehead atoms. The quantitative estimate of drug-likeness (QED) is 0.549. The molecule has 0 saturated carbocycles. The molecule has 11 heteroatoms. The van der Waals surface area contributed by atoms with E-state index in [9.17, 15) is 13.2 Å². The molecular weight excluding hydrogens is 438 g/mol. The molecule has 9 nitrogen and oxygen atoms in total. The Morgan fingerprint density at radius 3 is 2.48 bits per heavy atom. The van der Waals surface area contributed by atoms with Crippen LogP contribution in [0.4, 0.5) is 11.4 Å². The second-order valence-electron chi connectivity index (χ2n) is 7.20. The summed E-state index contributed by atoms with van der Waals surface area (Å²) in [6, 6.07) is 6.77. The van der Waals surface area contributed by atoms with Crippen molar-refractivity contribution in [2.45, 2.75) is 38.5 Å². The predicted octanol–water partition coefficient (Wildman–Crippen LogP) is 3.74. The van der Waals surface area contributed by atoms with Crippen molar-refractivity contribution in [1.82, 2.24) is 14.6 Å². The molecule has 3 rings (SSSR count). The Kier molecular flexibility index (Phi) is 6.56. The third-order valence-electron chi connectivity index (χ3n) is 4.53. The van der Waals surface area contributed by atoms with E-state index in [0.717, 1.165) is 27.5 Å². The molecule has 2 aromatic heterocycles. The van der Waals surface area contributed by atoms with Gasteiger partial charge in [-0.1, -0.05) is 36.5 Å². The largest absolute Gasteiger partial charge is 0.480 e. The highest BCUT2D eigenvalue weighted by molar-refractivity contribution is 7.92. The lowest BCUT2D eigenvalue weighted by Crippen LogP contribution is -2.18. The molecule has 2 heterocycles. The van der Waals surface area contributed by atoms with Crippen molar-refractivity contribution in [3.05, 3.63) is 52.2 Å². The summed E-state index contributed by atoms with van der Waals surface area (Å²) in [6.45, 7) is 7.49. The number of nitrogens with zero attached hydrogens (tertiary/aromatic N) is 3. The molecule has 1 aromatic carbocycles. The number of aromatic nitrogens is 3. The van der Waals surface area contributed by atoms with E-state index >= 15 is 0 Å². The monoisotopic (exact) mass is 461 g/mol. The van der Waals surface area contributed by atoms with Gasteiger partial charge in [-0.2, -0.15) is 0 Å². The molecule has 164 valence electrons. The Morgan fingerprint density at radius 1 is 1.19 bits per heavy atom. The Morgan fingerprint density at radius 2 is 1.87 bits per heavy atom. The topological polar surface area (TPSA) is 123 Å². The number of hydrogen-bond acceptors (Lipinski definition) is 8. The van der Waals surface area contributed by atoms with E-state index in [2.05, 4.69) is 24.6 Å². The molecular formula is C20H23N5O4S2. The van der Waals surface area contributed by atoms with E-state index in [0.29, 0.717) is 5.69 Å². The normalized spacial score (nSPS) is 11.4. The van der Waals surface area contributed by atoms with Gasteiger partial charge in [0.1, 0.15) is 0 Å². The molecule has 3 aromatic rings. The number of hydrogen-bond donors (Lipinski definition) is 2. The Labute approximate surface area is 185 Å². The Balaban J connectivity index is 1.95. The van der Waals surface area contributed by atoms with E-state index in [1.165, 1.54) is 19.4 Å². The van der Waals surface area contributed by atoms with Gasteiger partial charge in [-0.05, 0) is 48.5 Å². The predicted molar refractivity (Wildman–Crippen MR) is 119 cm³/mol. The number of aryl methyl sites for hydroxylation is 2. The molecule has 0 aliphatic heterocycles.